The van der Waals surface area contributed by atoms with E-state index < -0.39 is 36.2 Å². The van der Waals surface area contributed by atoms with Crippen molar-refractivity contribution in [2.75, 3.05) is 20.3 Å². The predicted octanol–water partition coefficient (Wildman–Crippen LogP) is 3.81. The summed E-state index contributed by atoms with van der Waals surface area (Å²) in [7, 11) is 1.51. The first-order valence-electron chi connectivity index (χ1n) is 9.24. The summed E-state index contributed by atoms with van der Waals surface area (Å²) in [5, 5.41) is 2.49. The van der Waals surface area contributed by atoms with Crippen molar-refractivity contribution in [2.45, 2.75) is 19.9 Å². The molecule has 0 aliphatic carbocycles. The van der Waals surface area contributed by atoms with Gasteiger partial charge < -0.3 is 19.5 Å². The number of amides is 1. The number of hydrogen-bond donors (Lipinski definition) is 1. The summed E-state index contributed by atoms with van der Waals surface area (Å²) in [6, 6.07) is 7.51. The lowest BCUT2D eigenvalue weighted by Crippen LogP contribution is -2.31. The second-order valence-corrected chi connectivity index (χ2v) is 6.24. The molecule has 1 atom stereocenters. The van der Waals surface area contributed by atoms with Gasteiger partial charge >= 0.3 is 5.97 Å². The molecule has 0 aliphatic heterocycles. The molecule has 1 amide bonds. The Kier molecular flexibility index (Phi) is 8.34. The maximum absolute atomic E-state index is 13.7. The molecule has 0 aromatic heterocycles. The van der Waals surface area contributed by atoms with Gasteiger partial charge in [-0.15, -0.1) is 0 Å². The summed E-state index contributed by atoms with van der Waals surface area (Å²) < 4.78 is 42.3. The fourth-order valence-corrected chi connectivity index (χ4v) is 2.63. The van der Waals surface area contributed by atoms with Crippen LogP contribution in [-0.4, -0.2) is 32.2 Å². The SMILES string of the molecule is CCOc1ccc(/C=C/C(=O)OCC(=O)N[C@@H](C)c2ccc(F)cc2F)cc1OC. The van der Waals surface area contributed by atoms with E-state index in [4.69, 9.17) is 14.2 Å². The molecule has 0 saturated heterocycles. The third kappa shape index (κ3) is 6.58. The van der Waals surface area contributed by atoms with Crippen LogP contribution in [0.15, 0.2) is 42.5 Å². The van der Waals surface area contributed by atoms with Crippen LogP contribution in [0.2, 0.25) is 0 Å². The highest BCUT2D eigenvalue weighted by atomic mass is 19.1. The van der Waals surface area contributed by atoms with Crippen LogP contribution in [0.25, 0.3) is 6.08 Å². The van der Waals surface area contributed by atoms with Crippen LogP contribution < -0.4 is 14.8 Å². The molecule has 2 aromatic carbocycles. The van der Waals surface area contributed by atoms with Crippen LogP contribution in [0.3, 0.4) is 0 Å². The monoisotopic (exact) mass is 419 g/mol. The van der Waals surface area contributed by atoms with Crippen LogP contribution >= 0.6 is 0 Å². The molecule has 160 valence electrons. The fourth-order valence-electron chi connectivity index (χ4n) is 2.63. The molecule has 0 fully saturated rings. The van der Waals surface area contributed by atoms with Crippen LogP contribution in [0.4, 0.5) is 8.78 Å². The van der Waals surface area contributed by atoms with E-state index in [1.54, 1.807) is 18.2 Å². The minimum atomic E-state index is -0.770. The molecule has 0 spiro atoms. The summed E-state index contributed by atoms with van der Waals surface area (Å²) >= 11 is 0. The van der Waals surface area contributed by atoms with Gasteiger partial charge in [0, 0.05) is 17.7 Å². The summed E-state index contributed by atoms with van der Waals surface area (Å²) in [6.45, 7) is 3.35. The van der Waals surface area contributed by atoms with Crippen molar-refractivity contribution in [3.05, 3.63) is 65.2 Å². The zero-order chi connectivity index (χ0) is 22.1. The van der Waals surface area contributed by atoms with Gasteiger partial charge in [0.2, 0.25) is 0 Å². The minimum Gasteiger partial charge on any atom is -0.493 e. The second kappa shape index (κ2) is 10.9. The maximum Gasteiger partial charge on any atom is 0.331 e. The molecule has 0 unspecified atom stereocenters. The first kappa shape index (κ1) is 22.9. The lowest BCUT2D eigenvalue weighted by atomic mass is 10.1. The predicted molar refractivity (Wildman–Crippen MR) is 107 cm³/mol. The number of methoxy groups -OCH3 is 1. The summed E-state index contributed by atoms with van der Waals surface area (Å²) in [5.74, 6) is -1.71. The van der Waals surface area contributed by atoms with Crippen molar-refractivity contribution in [1.82, 2.24) is 5.32 Å². The number of halogens is 2. The van der Waals surface area contributed by atoms with Gasteiger partial charge in [-0.1, -0.05) is 12.1 Å². The Morgan fingerprint density at radius 3 is 2.57 bits per heavy atom. The molecule has 30 heavy (non-hydrogen) atoms. The molecule has 0 bridgehead atoms. The first-order chi connectivity index (χ1) is 14.3. The van der Waals surface area contributed by atoms with E-state index in [0.717, 1.165) is 12.1 Å². The summed E-state index contributed by atoms with van der Waals surface area (Å²) in [4.78, 5) is 23.8. The molecule has 0 aliphatic rings. The van der Waals surface area contributed by atoms with Crippen molar-refractivity contribution >= 4 is 18.0 Å². The number of esters is 1. The van der Waals surface area contributed by atoms with Gasteiger partial charge in [-0.05, 0) is 43.7 Å². The number of ether oxygens (including phenoxy) is 3. The van der Waals surface area contributed by atoms with Crippen molar-refractivity contribution in [1.29, 1.82) is 0 Å². The normalized spacial score (nSPS) is 11.8. The number of carbonyl (C=O) groups is 2. The van der Waals surface area contributed by atoms with Gasteiger partial charge in [-0.25, -0.2) is 13.6 Å². The highest BCUT2D eigenvalue weighted by Crippen LogP contribution is 2.28. The lowest BCUT2D eigenvalue weighted by Gasteiger charge is -2.15. The Labute approximate surface area is 173 Å². The Morgan fingerprint density at radius 1 is 1.13 bits per heavy atom. The molecule has 0 radical (unpaired) electrons. The number of benzene rings is 2. The third-order valence-corrected chi connectivity index (χ3v) is 4.05. The average molecular weight is 419 g/mol. The summed E-state index contributed by atoms with van der Waals surface area (Å²) in [6.07, 6.45) is 2.68. The molecule has 8 heteroatoms. The first-order valence-corrected chi connectivity index (χ1v) is 9.24. The van der Waals surface area contributed by atoms with Crippen molar-refractivity contribution < 1.29 is 32.6 Å². The highest BCUT2D eigenvalue weighted by molar-refractivity contribution is 5.89. The molecule has 1 N–H and O–H groups in total. The molecule has 2 aromatic rings. The zero-order valence-corrected chi connectivity index (χ0v) is 16.9. The number of nitrogens with one attached hydrogen (secondary N) is 1. The maximum atomic E-state index is 13.7. The Hall–Kier alpha value is -3.42. The lowest BCUT2D eigenvalue weighted by molar-refractivity contribution is -0.144. The Balaban J connectivity index is 1.87. The molecular formula is C22H23F2NO5. The fraction of sp³-hybridized carbons (Fsp3) is 0.273. The molecule has 6 nitrogen and oxygen atoms in total. The molecule has 0 heterocycles. The van der Waals surface area contributed by atoms with Crippen molar-refractivity contribution in [2.24, 2.45) is 0 Å². The zero-order valence-electron chi connectivity index (χ0n) is 16.9. The van der Waals surface area contributed by atoms with Crippen LogP contribution in [0.5, 0.6) is 11.5 Å². The molecular weight excluding hydrogens is 396 g/mol. The van der Waals surface area contributed by atoms with Crippen LogP contribution in [0, 0.1) is 11.6 Å². The standard InChI is InChI=1S/C22H23F2NO5/c1-4-29-19-9-5-15(11-20(19)28-3)6-10-22(27)30-13-21(26)25-14(2)17-8-7-16(23)12-18(17)24/h5-12,14H,4,13H2,1-3H3,(H,25,26)/b10-6+/t14-/m0/s1. The Bertz CT molecular complexity index is 930. The quantitative estimate of drug-likeness (QED) is 0.494. The number of hydrogen-bond acceptors (Lipinski definition) is 5. The van der Waals surface area contributed by atoms with Crippen molar-refractivity contribution in [3.63, 3.8) is 0 Å². The molecule has 0 saturated carbocycles. The van der Waals surface area contributed by atoms with Crippen LogP contribution in [-0.2, 0) is 14.3 Å². The minimum absolute atomic E-state index is 0.125. The second-order valence-electron chi connectivity index (χ2n) is 6.24. The van der Waals surface area contributed by atoms with E-state index in [1.807, 2.05) is 6.92 Å². The van der Waals surface area contributed by atoms with Gasteiger partial charge in [0.1, 0.15) is 11.6 Å². The molecule has 2 rings (SSSR count). The van der Waals surface area contributed by atoms with E-state index >= 15 is 0 Å². The van der Waals surface area contributed by atoms with E-state index in [1.165, 1.54) is 32.3 Å². The number of rotatable bonds is 9. The van der Waals surface area contributed by atoms with Gasteiger partial charge in [0.15, 0.2) is 18.1 Å². The topological polar surface area (TPSA) is 73.9 Å². The van der Waals surface area contributed by atoms with E-state index in [0.29, 0.717) is 23.7 Å². The van der Waals surface area contributed by atoms with Gasteiger partial charge in [0.05, 0.1) is 19.8 Å². The van der Waals surface area contributed by atoms with E-state index in [9.17, 15) is 18.4 Å². The van der Waals surface area contributed by atoms with Gasteiger partial charge in [0.25, 0.3) is 5.91 Å². The largest absolute Gasteiger partial charge is 0.493 e. The Morgan fingerprint density at radius 2 is 1.90 bits per heavy atom. The summed E-state index contributed by atoms with van der Waals surface area (Å²) in [5.41, 5.74) is 0.803. The van der Waals surface area contributed by atoms with E-state index in [-0.39, 0.29) is 5.56 Å². The highest BCUT2D eigenvalue weighted by Gasteiger charge is 2.15. The van der Waals surface area contributed by atoms with Gasteiger partial charge in [-0.3, -0.25) is 4.79 Å². The number of carbonyl (C=O) groups excluding carboxylic acids is 2. The van der Waals surface area contributed by atoms with Gasteiger partial charge in [-0.2, -0.15) is 0 Å². The van der Waals surface area contributed by atoms with Crippen molar-refractivity contribution in [3.8, 4) is 11.5 Å². The third-order valence-electron chi connectivity index (χ3n) is 4.05. The smallest absolute Gasteiger partial charge is 0.331 e. The average Bonchev–Trinajstić information content (AvgIpc) is 2.71. The van der Waals surface area contributed by atoms with Crippen LogP contribution in [0.1, 0.15) is 31.0 Å². The van der Waals surface area contributed by atoms with E-state index in [2.05, 4.69) is 5.32 Å².